The van der Waals surface area contributed by atoms with E-state index >= 15 is 4.39 Å². The molecule has 2 aromatic heterocycles. The minimum absolute atomic E-state index is 0.0173. The molecule has 0 bridgehead atoms. The van der Waals surface area contributed by atoms with Gasteiger partial charge in [-0.1, -0.05) is 13.8 Å². The molecule has 0 spiro atoms. The fourth-order valence-electron chi connectivity index (χ4n) is 3.48. The van der Waals surface area contributed by atoms with E-state index < -0.39 is 36.2 Å². The SMILES string of the molecule is CC.Cc1cc([C@H](O)CO)cnc1C1(F)CCN(C(=O)Nc2ccc(C(F)(F)F)cn2)CC1. The number of aryl methyl sites for hydroxylation is 1. The van der Waals surface area contributed by atoms with E-state index in [0.717, 1.165) is 12.1 Å². The zero-order valence-corrected chi connectivity index (χ0v) is 18.7. The molecule has 1 aliphatic heterocycles. The van der Waals surface area contributed by atoms with Crippen molar-refractivity contribution in [3.05, 3.63) is 53.0 Å². The number of nitrogens with zero attached hydrogens (tertiary/aromatic N) is 3. The monoisotopic (exact) mass is 472 g/mol. The molecule has 3 rings (SSSR count). The number of hydrogen-bond acceptors (Lipinski definition) is 5. The van der Waals surface area contributed by atoms with Crippen LogP contribution in [0.3, 0.4) is 0 Å². The molecular weight excluding hydrogens is 444 g/mol. The maximum Gasteiger partial charge on any atom is 0.417 e. The summed E-state index contributed by atoms with van der Waals surface area (Å²) in [5.74, 6) is -0.0365. The Morgan fingerprint density at radius 3 is 2.33 bits per heavy atom. The molecule has 2 amide bonds. The maximum absolute atomic E-state index is 15.5. The van der Waals surface area contributed by atoms with Crippen LogP contribution in [0.15, 0.2) is 30.6 Å². The lowest BCUT2D eigenvalue weighted by atomic mass is 9.87. The van der Waals surface area contributed by atoms with E-state index in [-0.39, 0.29) is 37.4 Å². The predicted molar refractivity (Wildman–Crippen MR) is 114 cm³/mol. The number of urea groups is 1. The number of halogens is 4. The van der Waals surface area contributed by atoms with Gasteiger partial charge in [0.1, 0.15) is 11.9 Å². The molecule has 1 atom stereocenters. The van der Waals surface area contributed by atoms with Crippen LogP contribution in [0.5, 0.6) is 0 Å². The molecule has 1 aliphatic rings. The third kappa shape index (κ3) is 6.38. The number of aliphatic hydroxyl groups is 2. The highest BCUT2D eigenvalue weighted by atomic mass is 19.4. The molecule has 0 unspecified atom stereocenters. The van der Waals surface area contributed by atoms with Gasteiger partial charge < -0.3 is 15.1 Å². The first-order valence-electron chi connectivity index (χ1n) is 10.6. The molecule has 0 saturated carbocycles. The average molecular weight is 472 g/mol. The lowest BCUT2D eigenvalue weighted by Gasteiger charge is -2.36. The Hall–Kier alpha value is -2.79. The van der Waals surface area contributed by atoms with Crippen LogP contribution in [-0.2, 0) is 11.8 Å². The third-order valence-electron chi connectivity index (χ3n) is 5.25. The molecule has 33 heavy (non-hydrogen) atoms. The minimum Gasteiger partial charge on any atom is -0.393 e. The summed E-state index contributed by atoms with van der Waals surface area (Å²) in [6, 6.07) is 2.86. The average Bonchev–Trinajstić information content (AvgIpc) is 2.79. The quantitative estimate of drug-likeness (QED) is 0.575. The zero-order valence-electron chi connectivity index (χ0n) is 18.7. The van der Waals surface area contributed by atoms with Crippen molar-refractivity contribution in [3.8, 4) is 0 Å². The van der Waals surface area contributed by atoms with E-state index in [0.29, 0.717) is 17.3 Å². The van der Waals surface area contributed by atoms with Crippen LogP contribution < -0.4 is 5.32 Å². The molecule has 182 valence electrons. The topological polar surface area (TPSA) is 98.6 Å². The highest BCUT2D eigenvalue weighted by molar-refractivity contribution is 5.88. The lowest BCUT2D eigenvalue weighted by Crippen LogP contribution is -2.45. The van der Waals surface area contributed by atoms with Gasteiger partial charge in [0.05, 0.1) is 17.9 Å². The van der Waals surface area contributed by atoms with E-state index in [1.165, 1.54) is 11.1 Å². The lowest BCUT2D eigenvalue weighted by molar-refractivity contribution is -0.137. The van der Waals surface area contributed by atoms with Crippen LogP contribution in [0.4, 0.5) is 28.2 Å². The van der Waals surface area contributed by atoms with Gasteiger partial charge in [-0.25, -0.2) is 14.2 Å². The number of carbonyl (C=O) groups excluding carboxylic acids is 1. The van der Waals surface area contributed by atoms with Gasteiger partial charge in [0.25, 0.3) is 0 Å². The Morgan fingerprint density at radius 2 is 1.85 bits per heavy atom. The Bertz CT molecular complexity index is 930. The van der Waals surface area contributed by atoms with E-state index in [1.807, 2.05) is 13.8 Å². The van der Waals surface area contributed by atoms with Crippen LogP contribution in [0, 0.1) is 6.92 Å². The van der Waals surface area contributed by atoms with Crippen molar-refractivity contribution < 1.29 is 32.6 Å². The van der Waals surface area contributed by atoms with Crippen LogP contribution >= 0.6 is 0 Å². The summed E-state index contributed by atoms with van der Waals surface area (Å²) in [7, 11) is 0. The van der Waals surface area contributed by atoms with Crippen molar-refractivity contribution in [2.75, 3.05) is 25.0 Å². The molecule has 0 aliphatic carbocycles. The Balaban J connectivity index is 0.00000187. The molecule has 11 heteroatoms. The van der Waals surface area contributed by atoms with Gasteiger partial charge in [0.2, 0.25) is 0 Å². The van der Waals surface area contributed by atoms with Crippen molar-refractivity contribution >= 4 is 11.8 Å². The molecule has 1 saturated heterocycles. The number of rotatable bonds is 4. The predicted octanol–water partition coefficient (Wildman–Crippen LogP) is 4.35. The van der Waals surface area contributed by atoms with E-state index in [4.69, 9.17) is 5.11 Å². The van der Waals surface area contributed by atoms with Gasteiger partial charge in [-0.3, -0.25) is 10.3 Å². The number of piperidine rings is 1. The largest absolute Gasteiger partial charge is 0.417 e. The second-order valence-corrected chi connectivity index (χ2v) is 7.44. The number of hydrogen-bond donors (Lipinski definition) is 3. The summed E-state index contributed by atoms with van der Waals surface area (Å²) in [5.41, 5.74) is -1.57. The fourth-order valence-corrected chi connectivity index (χ4v) is 3.48. The van der Waals surface area contributed by atoms with E-state index in [2.05, 4.69) is 15.3 Å². The van der Waals surface area contributed by atoms with Gasteiger partial charge in [0, 0.05) is 43.9 Å². The number of aliphatic hydroxyl groups excluding tert-OH is 2. The van der Waals surface area contributed by atoms with Crippen LogP contribution in [0.25, 0.3) is 0 Å². The van der Waals surface area contributed by atoms with Crippen molar-refractivity contribution in [3.63, 3.8) is 0 Å². The van der Waals surface area contributed by atoms with Gasteiger partial charge in [-0.15, -0.1) is 0 Å². The molecule has 3 heterocycles. The van der Waals surface area contributed by atoms with E-state index in [1.54, 1.807) is 13.0 Å². The first-order valence-corrected chi connectivity index (χ1v) is 10.6. The minimum atomic E-state index is -4.52. The summed E-state index contributed by atoms with van der Waals surface area (Å²) >= 11 is 0. The number of amides is 2. The number of carbonyl (C=O) groups is 1. The number of anilines is 1. The molecule has 0 radical (unpaired) electrons. The molecule has 0 aromatic carbocycles. The van der Waals surface area contributed by atoms with Gasteiger partial charge in [-0.05, 0) is 30.7 Å². The van der Waals surface area contributed by atoms with Crippen LogP contribution in [-0.4, -0.2) is 50.8 Å². The summed E-state index contributed by atoms with van der Waals surface area (Å²) in [4.78, 5) is 21.5. The number of aromatic nitrogens is 2. The smallest absolute Gasteiger partial charge is 0.393 e. The zero-order chi connectivity index (χ0) is 24.8. The Labute approximate surface area is 189 Å². The van der Waals surface area contributed by atoms with Gasteiger partial charge >= 0.3 is 12.2 Å². The first-order chi connectivity index (χ1) is 15.5. The summed E-state index contributed by atoms with van der Waals surface area (Å²) in [6.07, 6.45) is -3.70. The number of likely N-dealkylation sites (tertiary alicyclic amines) is 1. The second-order valence-electron chi connectivity index (χ2n) is 7.44. The molecule has 3 N–H and O–H groups in total. The van der Waals surface area contributed by atoms with Crippen molar-refractivity contribution in [1.29, 1.82) is 0 Å². The number of alkyl halides is 4. The molecule has 1 fully saturated rings. The highest BCUT2D eigenvalue weighted by Crippen LogP contribution is 2.38. The molecule has 2 aromatic rings. The molecular formula is C22H28F4N4O3. The second kappa shape index (κ2) is 10.9. The Kier molecular flexibility index (Phi) is 8.73. The standard InChI is InChI=1S/C20H22F4N4O3.C2H6/c1-12-8-13(15(30)11-29)9-26-17(12)19(21)4-6-28(7-5-19)18(31)27-16-3-2-14(10-25-16)20(22,23)24;1-2/h2-3,8-10,15,29-30H,4-7,11H2,1H3,(H,25,27,31);1-2H3/t15-;/m1./s1. The summed E-state index contributed by atoms with van der Waals surface area (Å²) in [5, 5.41) is 21.1. The molecule has 7 nitrogen and oxygen atoms in total. The number of pyridine rings is 2. The van der Waals surface area contributed by atoms with Crippen LogP contribution in [0.2, 0.25) is 0 Å². The van der Waals surface area contributed by atoms with E-state index in [9.17, 15) is 23.1 Å². The maximum atomic E-state index is 15.5. The normalized spacial score (nSPS) is 16.5. The van der Waals surface area contributed by atoms with Crippen LogP contribution in [0.1, 0.15) is 55.2 Å². The van der Waals surface area contributed by atoms with Crippen molar-refractivity contribution in [1.82, 2.24) is 14.9 Å². The fraction of sp³-hybridized carbons (Fsp3) is 0.500. The summed E-state index contributed by atoms with van der Waals surface area (Å²) in [6.45, 7) is 5.34. The highest BCUT2D eigenvalue weighted by Gasteiger charge is 2.40. The van der Waals surface area contributed by atoms with Crippen molar-refractivity contribution in [2.45, 2.75) is 51.6 Å². The van der Waals surface area contributed by atoms with Gasteiger partial charge in [0.15, 0.2) is 5.67 Å². The van der Waals surface area contributed by atoms with Gasteiger partial charge in [-0.2, -0.15) is 13.2 Å². The van der Waals surface area contributed by atoms with Crippen molar-refractivity contribution in [2.24, 2.45) is 0 Å². The third-order valence-corrected chi connectivity index (χ3v) is 5.25. The summed E-state index contributed by atoms with van der Waals surface area (Å²) < 4.78 is 53.3. The Morgan fingerprint density at radius 1 is 1.21 bits per heavy atom. The number of nitrogens with one attached hydrogen (secondary N) is 1. The first kappa shape index (κ1) is 26.5.